The molecule has 0 saturated carbocycles. The van der Waals surface area contributed by atoms with Crippen LogP contribution in [0.4, 0.5) is 5.82 Å². The van der Waals surface area contributed by atoms with E-state index in [2.05, 4.69) is 81.9 Å². The van der Waals surface area contributed by atoms with Crippen molar-refractivity contribution in [2.45, 2.75) is 72.3 Å². The van der Waals surface area contributed by atoms with Crippen molar-refractivity contribution in [2.75, 3.05) is 38.8 Å². The van der Waals surface area contributed by atoms with Gasteiger partial charge in [0.25, 0.3) is 0 Å². The van der Waals surface area contributed by atoms with Crippen LogP contribution in [0.1, 0.15) is 77.1 Å². The first-order valence-electron chi connectivity index (χ1n) is 17.7. The number of benzene rings is 1. The fourth-order valence-corrected chi connectivity index (χ4v) is 5.26. The van der Waals surface area contributed by atoms with Gasteiger partial charge in [-0.1, -0.05) is 64.0 Å². The molecule has 272 valence electrons. The summed E-state index contributed by atoms with van der Waals surface area (Å²) >= 11 is 0. The molecule has 1 aliphatic rings. The Bertz CT molecular complexity index is 1520. The van der Waals surface area contributed by atoms with Crippen molar-refractivity contribution in [3.05, 3.63) is 96.3 Å². The Kier molecular flexibility index (Phi) is 20.3. The van der Waals surface area contributed by atoms with Gasteiger partial charge in [-0.2, -0.15) is 0 Å². The minimum atomic E-state index is 0.196. The van der Waals surface area contributed by atoms with Gasteiger partial charge in [0.2, 0.25) is 6.41 Å². The molecule has 0 fully saturated rings. The van der Waals surface area contributed by atoms with Crippen LogP contribution in [0, 0.1) is 11.3 Å². The van der Waals surface area contributed by atoms with Crippen molar-refractivity contribution in [3.63, 3.8) is 0 Å². The zero-order valence-electron chi connectivity index (χ0n) is 31.1. The fraction of sp³-hybridized carbons (Fsp3) is 0.450. The van der Waals surface area contributed by atoms with Crippen LogP contribution in [-0.2, 0) is 27.9 Å². The summed E-state index contributed by atoms with van der Waals surface area (Å²) in [5.74, 6) is 3.01. The Morgan fingerprint density at radius 2 is 1.98 bits per heavy atom. The van der Waals surface area contributed by atoms with E-state index < -0.39 is 0 Å². The second-order valence-corrected chi connectivity index (χ2v) is 11.7. The third-order valence-corrected chi connectivity index (χ3v) is 8.02. The van der Waals surface area contributed by atoms with Crippen molar-refractivity contribution < 1.29 is 14.3 Å². The minimum Gasteiger partial charge on any atom is -0.498 e. The molecule has 1 atom stereocenters. The lowest BCUT2D eigenvalue weighted by Crippen LogP contribution is -2.24. The number of fused-ring (bicyclic) bond motifs is 1. The molecule has 2 aromatic heterocycles. The zero-order chi connectivity index (χ0) is 36.6. The number of amides is 1. The van der Waals surface area contributed by atoms with E-state index in [1.54, 1.807) is 14.2 Å². The number of pyridine rings is 1. The van der Waals surface area contributed by atoms with Gasteiger partial charge in [0.15, 0.2) is 0 Å². The van der Waals surface area contributed by atoms with E-state index in [1.165, 1.54) is 31.9 Å². The van der Waals surface area contributed by atoms with E-state index in [-0.39, 0.29) is 5.92 Å². The Hall–Kier alpha value is -4.70. The second-order valence-electron chi connectivity index (χ2n) is 11.7. The molecule has 50 heavy (non-hydrogen) atoms. The molecule has 3 aromatic rings. The third-order valence-electron chi connectivity index (χ3n) is 8.02. The molecule has 1 amide bonds. The van der Waals surface area contributed by atoms with Crippen molar-refractivity contribution in [1.82, 2.24) is 25.2 Å². The van der Waals surface area contributed by atoms with E-state index in [1.807, 2.05) is 44.4 Å². The van der Waals surface area contributed by atoms with E-state index in [0.29, 0.717) is 26.1 Å². The highest BCUT2D eigenvalue weighted by atomic mass is 16.5. The summed E-state index contributed by atoms with van der Waals surface area (Å²) in [7, 11) is 5.37. The molecule has 1 aromatic carbocycles. The maximum atomic E-state index is 9.06. The highest BCUT2D eigenvalue weighted by molar-refractivity contribution is 5.84. The topological polar surface area (TPSA) is 117 Å². The molecular weight excluding hydrogens is 626 g/mol. The average Bonchev–Trinajstić information content (AvgIpc) is 3.47. The van der Waals surface area contributed by atoms with Crippen LogP contribution in [0.5, 0.6) is 0 Å². The number of carbonyl (C=O) groups is 1. The van der Waals surface area contributed by atoms with Gasteiger partial charge in [-0.25, -0.2) is 9.97 Å². The standard InChI is InChI=1S/C31H38N6O.C7H16O.C2H5NO/c1-5-9-27(38-6-2)17-19-37(30-10-7-8-18-33-30)23(3)25-13-16-29-28(20-25)35-31(36(29)4)22-34-26-14-11-24(21-32)12-15-26;1-3-4-5-6-7-8-2;1-3-2-4/h7-11,13-16,18,20-21,24,32,34H,3,5-6,12,17,19,22H2,1-2,4H3;3-7H2,1-2H3;2H,1H3,(H,3,4)/b27-9+,32-21?;;. The van der Waals surface area contributed by atoms with Crippen LogP contribution < -0.4 is 15.5 Å². The van der Waals surface area contributed by atoms with Gasteiger partial charge >= 0.3 is 0 Å². The van der Waals surface area contributed by atoms with Crippen LogP contribution in [0.15, 0.2) is 84.9 Å². The van der Waals surface area contributed by atoms with Crippen LogP contribution in [0.3, 0.4) is 0 Å². The van der Waals surface area contributed by atoms with Crippen LogP contribution in [0.25, 0.3) is 16.7 Å². The van der Waals surface area contributed by atoms with Crippen molar-refractivity contribution >= 4 is 35.2 Å². The summed E-state index contributed by atoms with van der Waals surface area (Å²) in [5.41, 5.74) is 4.96. The summed E-state index contributed by atoms with van der Waals surface area (Å²) < 4.78 is 12.9. The predicted octanol–water partition coefficient (Wildman–Crippen LogP) is 7.94. The summed E-state index contributed by atoms with van der Waals surface area (Å²) in [5, 5.41) is 13.2. The molecule has 10 nitrogen and oxygen atoms in total. The van der Waals surface area contributed by atoms with E-state index in [4.69, 9.17) is 24.7 Å². The number of unbranched alkanes of at least 4 members (excludes halogenated alkanes) is 3. The molecule has 0 saturated heterocycles. The van der Waals surface area contributed by atoms with Crippen LogP contribution >= 0.6 is 0 Å². The first kappa shape index (κ1) is 41.5. The van der Waals surface area contributed by atoms with Gasteiger partial charge in [0, 0.05) is 70.5 Å². The van der Waals surface area contributed by atoms with Crippen molar-refractivity contribution in [1.29, 1.82) is 5.41 Å². The molecule has 0 aliphatic heterocycles. The Labute approximate surface area is 299 Å². The monoisotopic (exact) mass is 685 g/mol. The van der Waals surface area contributed by atoms with Crippen LogP contribution in [0.2, 0.25) is 0 Å². The summed E-state index contributed by atoms with van der Waals surface area (Å²) in [6.45, 7) is 13.7. The molecule has 0 bridgehead atoms. The number of rotatable bonds is 19. The van der Waals surface area contributed by atoms with Crippen molar-refractivity contribution in [2.24, 2.45) is 13.0 Å². The first-order chi connectivity index (χ1) is 24.4. The van der Waals surface area contributed by atoms with E-state index >= 15 is 0 Å². The van der Waals surface area contributed by atoms with Gasteiger partial charge in [0.05, 0.1) is 29.9 Å². The third kappa shape index (κ3) is 14.0. The molecule has 0 radical (unpaired) electrons. The molecule has 3 N–H and O–H groups in total. The fourth-order valence-electron chi connectivity index (χ4n) is 5.26. The second kappa shape index (κ2) is 24.4. The average molecular weight is 686 g/mol. The quantitative estimate of drug-likeness (QED) is 0.0508. The lowest BCUT2D eigenvalue weighted by atomic mass is 10.0. The van der Waals surface area contributed by atoms with E-state index in [0.717, 1.165) is 71.3 Å². The molecule has 1 aliphatic carbocycles. The van der Waals surface area contributed by atoms with Gasteiger partial charge in [-0.05, 0) is 68.2 Å². The Morgan fingerprint density at radius 3 is 2.58 bits per heavy atom. The highest BCUT2D eigenvalue weighted by Gasteiger charge is 2.17. The number of aromatic nitrogens is 3. The minimum absolute atomic E-state index is 0.196. The number of anilines is 1. The number of methoxy groups -OCH3 is 1. The number of carbonyl (C=O) groups excluding carboxylic acids is 1. The lowest BCUT2D eigenvalue weighted by Gasteiger charge is -2.26. The number of hydrogen-bond donors (Lipinski definition) is 3. The number of ether oxygens (including phenoxy) is 2. The molecule has 10 heteroatoms. The van der Waals surface area contributed by atoms with Crippen molar-refractivity contribution in [3.8, 4) is 0 Å². The largest absolute Gasteiger partial charge is 0.498 e. The number of hydrogen-bond acceptors (Lipinski definition) is 8. The number of aryl methyl sites for hydroxylation is 1. The molecule has 0 spiro atoms. The van der Waals surface area contributed by atoms with Gasteiger partial charge < -0.3 is 35.0 Å². The van der Waals surface area contributed by atoms with Gasteiger partial charge in [-0.3, -0.25) is 4.79 Å². The SMILES string of the molecule is C=C(c1ccc2c(c1)nc(CNC1=CCC(C=N)C=C1)n2C)N(CC/C(=C\CC)OCC)c1ccccn1.CCCCCCOC.CNC=O. The van der Waals surface area contributed by atoms with E-state index in [9.17, 15) is 0 Å². The number of allylic oxidation sites excluding steroid dienone is 4. The highest BCUT2D eigenvalue weighted by Crippen LogP contribution is 2.27. The number of nitrogens with zero attached hydrogens (tertiary/aromatic N) is 4. The first-order valence-corrected chi connectivity index (χ1v) is 17.7. The predicted molar refractivity (Wildman–Crippen MR) is 208 cm³/mol. The number of imidazole rings is 1. The zero-order valence-corrected chi connectivity index (χ0v) is 31.1. The number of nitrogens with one attached hydrogen (secondary N) is 3. The summed E-state index contributed by atoms with van der Waals surface area (Å²) in [4.78, 5) is 20.8. The Balaban J connectivity index is 0.000000620. The normalized spacial score (nSPS) is 13.6. The van der Waals surface area contributed by atoms with Gasteiger partial charge in [-0.15, -0.1) is 0 Å². The summed E-state index contributed by atoms with van der Waals surface area (Å²) in [6, 6.07) is 12.3. The Morgan fingerprint density at radius 1 is 1.18 bits per heavy atom. The molecule has 4 rings (SSSR count). The lowest BCUT2D eigenvalue weighted by molar-refractivity contribution is -0.109. The van der Waals surface area contributed by atoms with Gasteiger partial charge in [0.1, 0.15) is 11.6 Å². The maximum absolute atomic E-state index is 9.06. The molecule has 1 unspecified atom stereocenters. The smallest absolute Gasteiger partial charge is 0.206 e. The molecule has 2 heterocycles. The molecular formula is C40H59N7O3. The maximum Gasteiger partial charge on any atom is 0.206 e. The summed E-state index contributed by atoms with van der Waals surface area (Å²) in [6.07, 6.45) is 20.1. The van der Waals surface area contributed by atoms with Crippen LogP contribution in [-0.4, -0.2) is 61.1 Å².